The smallest absolute Gasteiger partial charge is 0.286 e. The molecule has 2 aliphatic heterocycles. The Morgan fingerprint density at radius 2 is 1.94 bits per heavy atom. The predicted molar refractivity (Wildman–Crippen MR) is 129 cm³/mol. The highest BCUT2D eigenvalue weighted by molar-refractivity contribution is 5.98. The Bertz CT molecular complexity index is 1010. The summed E-state index contributed by atoms with van der Waals surface area (Å²) >= 11 is 0. The second-order valence-electron chi connectivity index (χ2n) is 9.52. The van der Waals surface area contributed by atoms with E-state index in [0.29, 0.717) is 18.1 Å². The third-order valence-electron chi connectivity index (χ3n) is 6.81. The molecule has 1 N–H and O–H groups in total. The molecule has 8 nitrogen and oxygen atoms in total. The van der Waals surface area contributed by atoms with Crippen molar-refractivity contribution in [2.24, 2.45) is 0 Å². The van der Waals surface area contributed by atoms with Crippen molar-refractivity contribution in [3.63, 3.8) is 0 Å². The van der Waals surface area contributed by atoms with Gasteiger partial charge in [0.25, 0.3) is 11.8 Å². The number of fused-ring (bicyclic) bond motifs is 1. The number of carbonyl (C=O) groups is 2. The van der Waals surface area contributed by atoms with Crippen LogP contribution in [0, 0.1) is 0 Å². The number of hydrogen-bond acceptors (Lipinski definition) is 6. The van der Waals surface area contributed by atoms with E-state index in [0.717, 1.165) is 56.9 Å². The van der Waals surface area contributed by atoms with Gasteiger partial charge in [0, 0.05) is 19.6 Å². The lowest BCUT2D eigenvalue weighted by Gasteiger charge is -2.31. The summed E-state index contributed by atoms with van der Waals surface area (Å²) in [7, 11) is 0. The van der Waals surface area contributed by atoms with E-state index in [2.05, 4.69) is 37.1 Å². The molecule has 1 aromatic heterocycles. The van der Waals surface area contributed by atoms with Gasteiger partial charge in [-0.25, -0.2) is 0 Å². The molecule has 0 atom stereocenters. The van der Waals surface area contributed by atoms with Gasteiger partial charge in [-0.3, -0.25) is 19.4 Å². The minimum absolute atomic E-state index is 0.0132. The summed E-state index contributed by atoms with van der Waals surface area (Å²) in [6, 6.07) is 9.44. The van der Waals surface area contributed by atoms with E-state index in [1.54, 1.807) is 17.0 Å². The van der Waals surface area contributed by atoms with E-state index in [4.69, 9.17) is 13.9 Å². The van der Waals surface area contributed by atoms with Crippen LogP contribution in [0.2, 0.25) is 0 Å². The number of morpholine rings is 1. The topological polar surface area (TPSA) is 84.3 Å². The van der Waals surface area contributed by atoms with Gasteiger partial charge in [-0.15, -0.1) is 0 Å². The fourth-order valence-corrected chi connectivity index (χ4v) is 4.16. The van der Waals surface area contributed by atoms with Gasteiger partial charge in [-0.1, -0.05) is 26.8 Å². The molecule has 8 heteroatoms. The van der Waals surface area contributed by atoms with Crippen LogP contribution in [0.3, 0.4) is 0 Å². The number of anilines is 1. The Kier molecular flexibility index (Phi) is 7.58. The maximum absolute atomic E-state index is 12.7. The largest absolute Gasteiger partial charge is 0.482 e. The quantitative estimate of drug-likeness (QED) is 0.567. The maximum Gasteiger partial charge on any atom is 0.286 e. The van der Waals surface area contributed by atoms with Crippen LogP contribution in [0.25, 0.3) is 0 Å². The number of furan rings is 1. The van der Waals surface area contributed by atoms with Crippen molar-refractivity contribution in [3.8, 4) is 5.75 Å². The Labute approximate surface area is 201 Å². The van der Waals surface area contributed by atoms with Crippen LogP contribution in [-0.4, -0.2) is 62.7 Å². The molecule has 0 saturated carbocycles. The third kappa shape index (κ3) is 5.62. The van der Waals surface area contributed by atoms with Crippen LogP contribution >= 0.6 is 0 Å². The molecule has 3 heterocycles. The number of ether oxygens (including phenoxy) is 2. The minimum atomic E-state index is -0.242. The number of carbonyl (C=O) groups excluding carboxylic acids is 2. The zero-order chi connectivity index (χ0) is 24.1. The second-order valence-corrected chi connectivity index (χ2v) is 9.52. The molecule has 1 fully saturated rings. The molecule has 0 radical (unpaired) electrons. The number of nitrogens with one attached hydrogen (secondary N) is 1. The van der Waals surface area contributed by atoms with Crippen LogP contribution in [0.1, 0.15) is 55.5 Å². The van der Waals surface area contributed by atoms with Gasteiger partial charge in [0.05, 0.1) is 25.4 Å². The van der Waals surface area contributed by atoms with Crippen molar-refractivity contribution in [2.45, 2.75) is 45.6 Å². The molecule has 0 bridgehead atoms. The van der Waals surface area contributed by atoms with Crippen molar-refractivity contribution < 1.29 is 23.5 Å². The summed E-state index contributed by atoms with van der Waals surface area (Å²) in [5.41, 5.74) is 1.87. The molecule has 1 saturated heterocycles. The van der Waals surface area contributed by atoms with Crippen LogP contribution in [0.15, 0.2) is 34.7 Å². The van der Waals surface area contributed by atoms with E-state index < -0.39 is 0 Å². The molecule has 0 aliphatic carbocycles. The number of benzene rings is 1. The number of amides is 2. The maximum atomic E-state index is 12.7. The lowest BCUT2D eigenvalue weighted by Crippen LogP contribution is -2.38. The van der Waals surface area contributed by atoms with Crippen molar-refractivity contribution in [1.29, 1.82) is 0 Å². The molecule has 184 valence electrons. The first-order valence-corrected chi connectivity index (χ1v) is 12.1. The zero-order valence-electron chi connectivity index (χ0n) is 20.4. The fourth-order valence-electron chi connectivity index (χ4n) is 4.16. The number of rotatable bonds is 9. The molecular formula is C26H35N3O5. The minimum Gasteiger partial charge on any atom is -0.482 e. The van der Waals surface area contributed by atoms with Gasteiger partial charge < -0.3 is 19.2 Å². The standard InChI is InChI=1S/C26H35N3O5/c1-4-26(2,3)19-6-8-22-21(16-19)29(24(30)18-33-22)17-20-7-9-23(34-20)25(31)27-10-5-11-28-12-14-32-15-13-28/h6-9,16H,4-5,10-15,17-18H2,1-3H3,(H,27,31). The van der Waals surface area contributed by atoms with Gasteiger partial charge in [-0.2, -0.15) is 0 Å². The Morgan fingerprint density at radius 1 is 1.15 bits per heavy atom. The average molecular weight is 470 g/mol. The van der Waals surface area contributed by atoms with Gasteiger partial charge >= 0.3 is 0 Å². The van der Waals surface area contributed by atoms with E-state index in [1.807, 2.05) is 12.1 Å². The summed E-state index contributed by atoms with van der Waals surface area (Å²) in [5.74, 6) is 1.11. The van der Waals surface area contributed by atoms with Gasteiger partial charge in [0.15, 0.2) is 12.4 Å². The Morgan fingerprint density at radius 3 is 2.71 bits per heavy atom. The molecule has 1 aromatic carbocycles. The molecule has 4 rings (SSSR count). The molecule has 2 amide bonds. The summed E-state index contributed by atoms with van der Waals surface area (Å²) in [4.78, 5) is 29.2. The molecule has 34 heavy (non-hydrogen) atoms. The van der Waals surface area contributed by atoms with Crippen molar-refractivity contribution in [1.82, 2.24) is 10.2 Å². The van der Waals surface area contributed by atoms with Crippen LogP contribution in [0.5, 0.6) is 5.75 Å². The van der Waals surface area contributed by atoms with Gasteiger partial charge in [0.1, 0.15) is 11.5 Å². The van der Waals surface area contributed by atoms with Gasteiger partial charge in [0.2, 0.25) is 0 Å². The normalized spacial score (nSPS) is 16.8. The first kappa shape index (κ1) is 24.3. The lowest BCUT2D eigenvalue weighted by molar-refractivity contribution is -0.121. The van der Waals surface area contributed by atoms with Crippen molar-refractivity contribution >= 4 is 17.5 Å². The third-order valence-corrected chi connectivity index (χ3v) is 6.81. The summed E-state index contributed by atoms with van der Waals surface area (Å²) in [6.07, 6.45) is 1.85. The van der Waals surface area contributed by atoms with Crippen molar-refractivity contribution in [3.05, 3.63) is 47.4 Å². The average Bonchev–Trinajstić information content (AvgIpc) is 3.32. The highest BCUT2D eigenvalue weighted by Gasteiger charge is 2.29. The van der Waals surface area contributed by atoms with Crippen LogP contribution < -0.4 is 15.0 Å². The van der Waals surface area contributed by atoms with E-state index in [1.165, 1.54) is 0 Å². The summed E-state index contributed by atoms with van der Waals surface area (Å²) in [6.45, 7) is 11.7. The zero-order valence-corrected chi connectivity index (χ0v) is 20.4. The fraction of sp³-hybridized carbons (Fsp3) is 0.538. The molecule has 0 spiro atoms. The first-order valence-electron chi connectivity index (χ1n) is 12.1. The Balaban J connectivity index is 1.37. The van der Waals surface area contributed by atoms with Crippen LogP contribution in [-0.2, 0) is 21.5 Å². The first-order chi connectivity index (χ1) is 16.4. The molecule has 2 aromatic rings. The molecular weight excluding hydrogens is 434 g/mol. The SMILES string of the molecule is CCC(C)(C)c1ccc2c(c1)N(Cc1ccc(C(=O)NCCCN3CCOCC3)o1)C(=O)CO2. The highest BCUT2D eigenvalue weighted by atomic mass is 16.5. The highest BCUT2D eigenvalue weighted by Crippen LogP contribution is 2.38. The van der Waals surface area contributed by atoms with E-state index >= 15 is 0 Å². The lowest BCUT2D eigenvalue weighted by atomic mass is 9.82. The van der Waals surface area contributed by atoms with E-state index in [-0.39, 0.29) is 36.1 Å². The van der Waals surface area contributed by atoms with E-state index in [9.17, 15) is 9.59 Å². The Hall–Kier alpha value is -2.84. The van der Waals surface area contributed by atoms with Crippen LogP contribution in [0.4, 0.5) is 5.69 Å². The second kappa shape index (κ2) is 10.6. The molecule has 0 unspecified atom stereocenters. The summed E-state index contributed by atoms with van der Waals surface area (Å²) in [5, 5.41) is 2.92. The monoisotopic (exact) mass is 469 g/mol. The molecule has 2 aliphatic rings. The predicted octanol–water partition coefficient (Wildman–Crippen LogP) is 3.34. The number of nitrogens with zero attached hydrogens (tertiary/aromatic N) is 2. The number of hydrogen-bond donors (Lipinski definition) is 1. The van der Waals surface area contributed by atoms with Crippen molar-refractivity contribution in [2.75, 3.05) is 50.9 Å². The summed E-state index contributed by atoms with van der Waals surface area (Å²) < 4.78 is 16.8. The van der Waals surface area contributed by atoms with Gasteiger partial charge in [-0.05, 0) is 54.6 Å².